The number of hydrazone groups is 1. The van der Waals surface area contributed by atoms with Crippen LogP contribution in [0, 0.1) is 13.7 Å². The molecule has 0 fully saturated rings. The zero-order valence-corrected chi connectivity index (χ0v) is 14.6. The smallest absolute Gasteiger partial charge is 0.269 e. The van der Waals surface area contributed by atoms with Crippen LogP contribution in [-0.4, -0.2) is 25.4 Å². The second kappa shape index (κ2) is 7.77. The van der Waals surface area contributed by atoms with E-state index in [0.29, 0.717) is 17.2 Å². The molecule has 0 heterocycles. The van der Waals surface area contributed by atoms with E-state index >= 15 is 0 Å². The lowest BCUT2D eigenvalue weighted by Crippen LogP contribution is -1.98. The van der Waals surface area contributed by atoms with Crippen LogP contribution >= 0.6 is 22.6 Å². The average molecular weight is 427 g/mol. The molecule has 0 aliphatic rings. The summed E-state index contributed by atoms with van der Waals surface area (Å²) in [7, 11) is 3.13. The number of nitrogens with one attached hydrogen (secondary N) is 1. The summed E-state index contributed by atoms with van der Waals surface area (Å²) in [5.74, 6) is 1.21. The zero-order valence-electron chi connectivity index (χ0n) is 12.4. The van der Waals surface area contributed by atoms with E-state index in [1.807, 2.05) is 12.1 Å². The van der Waals surface area contributed by atoms with Crippen molar-refractivity contribution in [2.75, 3.05) is 19.6 Å². The number of rotatable bonds is 6. The summed E-state index contributed by atoms with van der Waals surface area (Å²) in [6.07, 6.45) is 1.60. The molecule has 0 aromatic heterocycles. The normalized spacial score (nSPS) is 10.6. The lowest BCUT2D eigenvalue weighted by Gasteiger charge is -2.10. The molecule has 1 N–H and O–H groups in total. The molecule has 0 saturated carbocycles. The molecule has 0 saturated heterocycles. The average Bonchev–Trinajstić information content (AvgIpc) is 2.54. The molecule has 120 valence electrons. The van der Waals surface area contributed by atoms with Crippen molar-refractivity contribution in [3.63, 3.8) is 0 Å². The van der Waals surface area contributed by atoms with Gasteiger partial charge in [0.15, 0.2) is 11.5 Å². The van der Waals surface area contributed by atoms with Crippen LogP contribution in [0.25, 0.3) is 0 Å². The molecule has 2 aromatic rings. The van der Waals surface area contributed by atoms with E-state index in [9.17, 15) is 10.1 Å². The second-order valence-electron chi connectivity index (χ2n) is 4.40. The molecule has 23 heavy (non-hydrogen) atoms. The number of ether oxygens (including phenoxy) is 2. The van der Waals surface area contributed by atoms with Gasteiger partial charge in [-0.05, 0) is 46.9 Å². The van der Waals surface area contributed by atoms with Gasteiger partial charge in [0.25, 0.3) is 5.69 Å². The Bertz CT molecular complexity index is 732. The van der Waals surface area contributed by atoms with Crippen LogP contribution in [-0.2, 0) is 0 Å². The predicted molar refractivity (Wildman–Crippen MR) is 96.6 cm³/mol. The molecule has 8 heteroatoms. The van der Waals surface area contributed by atoms with Crippen LogP contribution in [0.4, 0.5) is 11.4 Å². The highest BCUT2D eigenvalue weighted by molar-refractivity contribution is 14.1. The molecule has 2 aromatic carbocycles. The highest BCUT2D eigenvalue weighted by Crippen LogP contribution is 2.32. The number of non-ortho nitro benzene ring substituents is 1. The van der Waals surface area contributed by atoms with Crippen LogP contribution < -0.4 is 14.9 Å². The quantitative estimate of drug-likeness (QED) is 0.329. The van der Waals surface area contributed by atoms with Crippen LogP contribution in [0.2, 0.25) is 0 Å². The molecule has 0 aliphatic heterocycles. The summed E-state index contributed by atoms with van der Waals surface area (Å²) in [5.41, 5.74) is 4.24. The van der Waals surface area contributed by atoms with Gasteiger partial charge in [0.05, 0.1) is 31.0 Å². The van der Waals surface area contributed by atoms with Crippen molar-refractivity contribution in [3.8, 4) is 11.5 Å². The molecule has 0 unspecified atom stereocenters. The van der Waals surface area contributed by atoms with Gasteiger partial charge in [-0.3, -0.25) is 15.5 Å². The summed E-state index contributed by atoms with van der Waals surface area (Å²) < 4.78 is 11.6. The molecule has 0 aliphatic carbocycles. The lowest BCUT2D eigenvalue weighted by molar-refractivity contribution is -0.384. The molecule has 0 bridgehead atoms. The third-order valence-electron chi connectivity index (χ3n) is 2.95. The molecule has 0 radical (unpaired) electrons. The van der Waals surface area contributed by atoms with Crippen LogP contribution in [0.1, 0.15) is 5.56 Å². The predicted octanol–water partition coefficient (Wildman–Crippen LogP) is 3.66. The minimum atomic E-state index is -0.448. The molecule has 0 amide bonds. The fourth-order valence-corrected chi connectivity index (χ4v) is 2.51. The largest absolute Gasteiger partial charge is 0.493 e. The lowest BCUT2D eigenvalue weighted by atomic mass is 10.2. The van der Waals surface area contributed by atoms with E-state index in [0.717, 1.165) is 9.13 Å². The minimum Gasteiger partial charge on any atom is -0.493 e. The monoisotopic (exact) mass is 427 g/mol. The van der Waals surface area contributed by atoms with E-state index in [1.54, 1.807) is 32.6 Å². The maximum atomic E-state index is 10.6. The summed E-state index contributed by atoms with van der Waals surface area (Å²) in [6.45, 7) is 0. The maximum absolute atomic E-state index is 10.6. The van der Waals surface area contributed by atoms with Gasteiger partial charge in [0.1, 0.15) is 0 Å². The molecule has 0 spiro atoms. The first-order valence-electron chi connectivity index (χ1n) is 6.50. The van der Waals surface area contributed by atoms with E-state index < -0.39 is 4.92 Å². The van der Waals surface area contributed by atoms with Crippen molar-refractivity contribution in [2.45, 2.75) is 0 Å². The number of hydrogen-bond acceptors (Lipinski definition) is 6. The van der Waals surface area contributed by atoms with Crippen molar-refractivity contribution < 1.29 is 14.4 Å². The molecule has 0 atom stereocenters. The zero-order chi connectivity index (χ0) is 16.8. The summed E-state index contributed by atoms with van der Waals surface area (Å²) in [4.78, 5) is 10.2. The van der Waals surface area contributed by atoms with E-state index in [4.69, 9.17) is 9.47 Å². The standard InChI is InChI=1S/C15H14IN3O4/c1-22-14-8-11(16)7-10(15(14)23-2)9-17-18-12-3-5-13(6-4-12)19(20)21/h3-9,18H,1-2H3/b17-9+. The fourth-order valence-electron chi connectivity index (χ4n) is 1.89. The van der Waals surface area contributed by atoms with Crippen molar-refractivity contribution in [2.24, 2.45) is 5.10 Å². The van der Waals surface area contributed by atoms with Crippen LogP contribution in [0.15, 0.2) is 41.5 Å². The molecular formula is C15H14IN3O4. The first kappa shape index (κ1) is 17.0. The topological polar surface area (TPSA) is 86.0 Å². The number of nitro benzene ring substituents is 1. The van der Waals surface area contributed by atoms with Gasteiger partial charge >= 0.3 is 0 Å². The molecule has 7 nitrogen and oxygen atoms in total. The van der Waals surface area contributed by atoms with Crippen LogP contribution in [0.5, 0.6) is 11.5 Å². The van der Waals surface area contributed by atoms with Gasteiger partial charge in [-0.25, -0.2) is 0 Å². The first-order valence-corrected chi connectivity index (χ1v) is 7.58. The van der Waals surface area contributed by atoms with Gasteiger partial charge in [-0.15, -0.1) is 0 Å². The minimum absolute atomic E-state index is 0.0311. The Kier molecular flexibility index (Phi) is 5.74. The van der Waals surface area contributed by atoms with Crippen molar-refractivity contribution >= 4 is 40.2 Å². The summed E-state index contributed by atoms with van der Waals surface area (Å²) in [6, 6.07) is 9.76. The Morgan fingerprint density at radius 1 is 1.22 bits per heavy atom. The van der Waals surface area contributed by atoms with Crippen molar-refractivity contribution in [1.29, 1.82) is 0 Å². The Morgan fingerprint density at radius 3 is 2.48 bits per heavy atom. The summed E-state index contributed by atoms with van der Waals surface area (Å²) >= 11 is 2.18. The second-order valence-corrected chi connectivity index (χ2v) is 5.65. The highest BCUT2D eigenvalue weighted by Gasteiger charge is 2.10. The Labute approximate surface area is 146 Å². The van der Waals surface area contributed by atoms with E-state index in [-0.39, 0.29) is 5.69 Å². The van der Waals surface area contributed by atoms with Gasteiger partial charge in [0, 0.05) is 21.3 Å². The van der Waals surface area contributed by atoms with Crippen molar-refractivity contribution in [1.82, 2.24) is 0 Å². The van der Waals surface area contributed by atoms with Crippen LogP contribution in [0.3, 0.4) is 0 Å². The Morgan fingerprint density at radius 2 is 1.91 bits per heavy atom. The number of nitro groups is 1. The fraction of sp³-hybridized carbons (Fsp3) is 0.133. The summed E-state index contributed by atoms with van der Waals surface area (Å²) in [5, 5.41) is 14.7. The number of anilines is 1. The number of halogens is 1. The maximum Gasteiger partial charge on any atom is 0.269 e. The van der Waals surface area contributed by atoms with E-state index in [2.05, 4.69) is 33.1 Å². The Hall–Kier alpha value is -2.36. The van der Waals surface area contributed by atoms with Gasteiger partial charge in [-0.1, -0.05) is 0 Å². The third kappa shape index (κ3) is 4.31. The van der Waals surface area contributed by atoms with Gasteiger partial charge in [-0.2, -0.15) is 5.10 Å². The SMILES string of the molecule is COc1cc(I)cc(/C=N/Nc2ccc([N+](=O)[O-])cc2)c1OC. The number of hydrogen-bond donors (Lipinski definition) is 1. The number of nitrogens with zero attached hydrogens (tertiary/aromatic N) is 2. The highest BCUT2D eigenvalue weighted by atomic mass is 127. The molecular weight excluding hydrogens is 413 g/mol. The molecule has 2 rings (SSSR count). The third-order valence-corrected chi connectivity index (χ3v) is 3.57. The number of benzene rings is 2. The number of methoxy groups -OCH3 is 2. The Balaban J connectivity index is 2.17. The van der Waals surface area contributed by atoms with Gasteiger partial charge in [0.2, 0.25) is 0 Å². The van der Waals surface area contributed by atoms with E-state index in [1.165, 1.54) is 12.1 Å². The van der Waals surface area contributed by atoms with Gasteiger partial charge < -0.3 is 9.47 Å². The van der Waals surface area contributed by atoms with Crippen molar-refractivity contribution in [3.05, 3.63) is 55.6 Å². The first-order chi connectivity index (χ1) is 11.0.